The van der Waals surface area contributed by atoms with Gasteiger partial charge in [-0.2, -0.15) is 0 Å². The van der Waals surface area contributed by atoms with Crippen molar-refractivity contribution in [2.24, 2.45) is 0 Å². The second-order valence-electron chi connectivity index (χ2n) is 6.83. The molecule has 4 rings (SSSR count). The van der Waals surface area contributed by atoms with Crippen LogP contribution in [0.5, 0.6) is 0 Å². The summed E-state index contributed by atoms with van der Waals surface area (Å²) in [6, 6.07) is 7.90. The lowest BCUT2D eigenvalue weighted by Gasteiger charge is -2.14. The van der Waals surface area contributed by atoms with Crippen molar-refractivity contribution < 1.29 is 12.8 Å². The molecule has 0 spiro atoms. The van der Waals surface area contributed by atoms with Crippen LogP contribution in [0.15, 0.2) is 53.9 Å². The van der Waals surface area contributed by atoms with Crippen molar-refractivity contribution in [2.75, 3.05) is 5.73 Å². The molecule has 0 amide bonds. The van der Waals surface area contributed by atoms with Crippen molar-refractivity contribution in [3.63, 3.8) is 0 Å². The minimum Gasteiger partial charge on any atom is -0.368 e. The van der Waals surface area contributed by atoms with Crippen molar-refractivity contribution >= 4 is 28.2 Å². The van der Waals surface area contributed by atoms with Gasteiger partial charge < -0.3 is 5.73 Å². The van der Waals surface area contributed by atoms with Crippen LogP contribution in [0.1, 0.15) is 25.7 Å². The van der Waals surface area contributed by atoms with Gasteiger partial charge in [-0.3, -0.25) is 0 Å². The second kappa shape index (κ2) is 8.42. The van der Waals surface area contributed by atoms with Crippen LogP contribution in [0.4, 0.5) is 10.3 Å². The Hall–Kier alpha value is -2.58. The molecule has 152 valence electrons. The Labute approximate surface area is 174 Å². The maximum Gasteiger partial charge on any atom is 0.219 e. The average Bonchev–Trinajstić information content (AvgIpc) is 3.25. The highest BCUT2D eigenvalue weighted by atomic mass is 35.5. The first kappa shape index (κ1) is 21.1. The molecule has 0 unspecified atom stereocenters. The summed E-state index contributed by atoms with van der Waals surface area (Å²) in [5.41, 5.74) is 7.15. The van der Waals surface area contributed by atoms with E-state index < -0.39 is 20.9 Å². The number of nitrogen functional groups attached to an aromatic ring is 1. The number of hydrogen-bond acceptors (Lipinski definition) is 6. The van der Waals surface area contributed by atoms with Crippen molar-refractivity contribution in [3.8, 4) is 22.3 Å². The van der Waals surface area contributed by atoms with Gasteiger partial charge in [0, 0.05) is 35.3 Å². The zero-order valence-corrected chi connectivity index (χ0v) is 17.1. The molecule has 1 aliphatic carbocycles. The van der Waals surface area contributed by atoms with Crippen LogP contribution in [0, 0.1) is 5.82 Å². The fourth-order valence-electron chi connectivity index (χ4n) is 3.59. The smallest absolute Gasteiger partial charge is 0.219 e. The Morgan fingerprint density at radius 3 is 2.31 bits per heavy atom. The van der Waals surface area contributed by atoms with Gasteiger partial charge in [0.1, 0.15) is 5.82 Å². The molecule has 1 fully saturated rings. The highest BCUT2D eigenvalue weighted by Gasteiger charge is 2.33. The molecule has 3 aromatic rings. The Bertz CT molecular complexity index is 1120. The van der Waals surface area contributed by atoms with E-state index in [2.05, 4.69) is 15.0 Å². The number of nitrogens with two attached hydrogens (primary N) is 1. The first-order chi connectivity index (χ1) is 13.5. The standard InChI is InChI=1S/C20H19FN4O2S.ClH/c21-18-10-13(7-8-16(18)14-11-24-20(22)25-12-14)17-6-3-9-23-19(17)28(26,27)15-4-1-2-5-15;/h3,6-12,15H,1-2,4-5H2,(H2,22,24,25);1H. The molecule has 29 heavy (non-hydrogen) atoms. The molecule has 9 heteroatoms. The van der Waals surface area contributed by atoms with E-state index in [1.54, 1.807) is 24.3 Å². The maximum atomic E-state index is 14.8. The van der Waals surface area contributed by atoms with Crippen molar-refractivity contribution in [2.45, 2.75) is 36.0 Å². The summed E-state index contributed by atoms with van der Waals surface area (Å²) in [6.07, 6.45) is 7.44. The number of nitrogens with zero attached hydrogens (tertiary/aromatic N) is 3. The van der Waals surface area contributed by atoms with Gasteiger partial charge in [0.25, 0.3) is 0 Å². The lowest BCUT2D eigenvalue weighted by Crippen LogP contribution is -2.19. The number of sulfone groups is 1. The van der Waals surface area contributed by atoms with Crippen LogP contribution >= 0.6 is 12.4 Å². The van der Waals surface area contributed by atoms with Crippen LogP contribution in [0.3, 0.4) is 0 Å². The van der Waals surface area contributed by atoms with E-state index in [-0.39, 0.29) is 23.4 Å². The van der Waals surface area contributed by atoms with Gasteiger partial charge in [-0.05, 0) is 36.6 Å². The van der Waals surface area contributed by atoms with Gasteiger partial charge in [0.15, 0.2) is 14.9 Å². The summed E-state index contributed by atoms with van der Waals surface area (Å²) in [5, 5.41) is -0.401. The van der Waals surface area contributed by atoms with E-state index in [0.29, 0.717) is 35.1 Å². The maximum absolute atomic E-state index is 14.8. The topological polar surface area (TPSA) is 98.8 Å². The molecule has 0 atom stereocenters. The first-order valence-corrected chi connectivity index (χ1v) is 10.6. The van der Waals surface area contributed by atoms with Gasteiger partial charge >= 0.3 is 0 Å². The predicted octanol–water partition coefficient (Wildman–Crippen LogP) is 4.07. The Morgan fingerprint density at radius 1 is 0.966 bits per heavy atom. The minimum atomic E-state index is -3.56. The van der Waals surface area contributed by atoms with Gasteiger partial charge in [0.2, 0.25) is 5.95 Å². The van der Waals surface area contributed by atoms with E-state index in [9.17, 15) is 12.8 Å². The van der Waals surface area contributed by atoms with E-state index >= 15 is 0 Å². The third-order valence-corrected chi connectivity index (χ3v) is 7.26. The Balaban J connectivity index is 0.00000240. The number of benzene rings is 1. The molecule has 1 aromatic carbocycles. The van der Waals surface area contributed by atoms with Crippen LogP contribution in [0.2, 0.25) is 0 Å². The summed E-state index contributed by atoms with van der Waals surface area (Å²) in [7, 11) is -3.56. The summed E-state index contributed by atoms with van der Waals surface area (Å²) < 4.78 is 40.9. The van der Waals surface area contributed by atoms with Crippen LogP contribution in [0.25, 0.3) is 22.3 Å². The predicted molar refractivity (Wildman–Crippen MR) is 112 cm³/mol. The lowest BCUT2D eigenvalue weighted by molar-refractivity contribution is 0.576. The first-order valence-electron chi connectivity index (χ1n) is 9.03. The van der Waals surface area contributed by atoms with Crippen LogP contribution in [-0.2, 0) is 9.84 Å². The molecule has 0 bridgehead atoms. The Kier molecular flexibility index (Phi) is 6.14. The molecule has 0 saturated heterocycles. The molecule has 6 nitrogen and oxygen atoms in total. The third kappa shape index (κ3) is 4.09. The van der Waals surface area contributed by atoms with Crippen LogP contribution < -0.4 is 5.73 Å². The zero-order chi connectivity index (χ0) is 19.7. The highest BCUT2D eigenvalue weighted by Crippen LogP contribution is 2.35. The number of hydrogen-bond donors (Lipinski definition) is 1. The van der Waals surface area contributed by atoms with E-state index in [0.717, 1.165) is 12.8 Å². The summed E-state index contributed by atoms with van der Waals surface area (Å²) in [6.45, 7) is 0. The normalized spacial score (nSPS) is 14.5. The summed E-state index contributed by atoms with van der Waals surface area (Å²) in [4.78, 5) is 11.9. The van der Waals surface area contributed by atoms with Gasteiger partial charge in [-0.15, -0.1) is 12.4 Å². The molecular formula is C20H20ClFN4O2S. The zero-order valence-electron chi connectivity index (χ0n) is 15.5. The quantitative estimate of drug-likeness (QED) is 0.664. The molecule has 0 aliphatic heterocycles. The molecule has 0 radical (unpaired) electrons. The van der Waals surface area contributed by atoms with Crippen molar-refractivity contribution in [1.29, 1.82) is 0 Å². The van der Waals surface area contributed by atoms with Crippen molar-refractivity contribution in [3.05, 3.63) is 54.7 Å². The molecule has 1 aliphatic rings. The van der Waals surface area contributed by atoms with E-state index in [1.807, 2.05) is 0 Å². The summed E-state index contributed by atoms with van der Waals surface area (Å²) >= 11 is 0. The minimum absolute atomic E-state index is 0. The summed E-state index contributed by atoms with van der Waals surface area (Å²) in [5.74, 6) is -0.392. The van der Waals surface area contributed by atoms with Gasteiger partial charge in [-0.25, -0.2) is 27.8 Å². The highest BCUT2D eigenvalue weighted by molar-refractivity contribution is 7.92. The fourth-order valence-corrected chi connectivity index (χ4v) is 5.56. The number of pyridine rings is 1. The average molecular weight is 435 g/mol. The molecule has 1 saturated carbocycles. The number of anilines is 1. The SMILES string of the molecule is Cl.Nc1ncc(-c2ccc(-c3cccnc3S(=O)(=O)C3CCCC3)cc2F)cn1. The van der Waals surface area contributed by atoms with E-state index in [1.165, 1.54) is 24.7 Å². The lowest BCUT2D eigenvalue weighted by atomic mass is 10.0. The number of aromatic nitrogens is 3. The largest absolute Gasteiger partial charge is 0.368 e. The molecular weight excluding hydrogens is 415 g/mol. The molecule has 2 N–H and O–H groups in total. The molecule has 2 aromatic heterocycles. The van der Waals surface area contributed by atoms with Crippen LogP contribution in [-0.4, -0.2) is 28.6 Å². The van der Waals surface area contributed by atoms with Gasteiger partial charge in [-0.1, -0.05) is 25.0 Å². The monoisotopic (exact) mass is 434 g/mol. The Morgan fingerprint density at radius 2 is 1.66 bits per heavy atom. The van der Waals surface area contributed by atoms with Gasteiger partial charge in [0.05, 0.1) is 5.25 Å². The third-order valence-electron chi connectivity index (χ3n) is 5.04. The second-order valence-corrected chi connectivity index (χ2v) is 8.98. The number of rotatable bonds is 4. The fraction of sp³-hybridized carbons (Fsp3) is 0.250. The van der Waals surface area contributed by atoms with Crippen molar-refractivity contribution in [1.82, 2.24) is 15.0 Å². The number of halogens is 2. The molecule has 2 heterocycles. The van der Waals surface area contributed by atoms with E-state index in [4.69, 9.17) is 5.73 Å².